The average molecular weight is 254 g/mol. The fourth-order valence-corrected chi connectivity index (χ4v) is 2.28. The summed E-state index contributed by atoms with van der Waals surface area (Å²) in [4.78, 5) is 4.18. The molecule has 0 bridgehead atoms. The van der Waals surface area contributed by atoms with Gasteiger partial charge in [0.1, 0.15) is 0 Å². The highest BCUT2D eigenvalue weighted by Crippen LogP contribution is 2.21. The first kappa shape index (κ1) is 13.8. The molecule has 0 aliphatic heterocycles. The quantitative estimate of drug-likeness (QED) is 0.854. The molecular weight excluding hydrogens is 232 g/mol. The van der Waals surface area contributed by atoms with Crippen molar-refractivity contribution in [2.75, 3.05) is 6.54 Å². The van der Waals surface area contributed by atoms with Gasteiger partial charge in [0.2, 0.25) is 0 Å². The molecule has 19 heavy (non-hydrogen) atoms. The summed E-state index contributed by atoms with van der Waals surface area (Å²) >= 11 is 0. The van der Waals surface area contributed by atoms with Crippen molar-refractivity contribution in [1.29, 1.82) is 0 Å². The third-order valence-electron chi connectivity index (χ3n) is 3.51. The zero-order chi connectivity index (χ0) is 13.5. The normalized spacial score (nSPS) is 12.3. The van der Waals surface area contributed by atoms with Crippen LogP contribution in [-0.4, -0.2) is 11.5 Å². The van der Waals surface area contributed by atoms with Crippen LogP contribution in [0, 0.1) is 5.92 Å². The molecule has 2 N–H and O–H groups in total. The number of aryl methyl sites for hydroxylation is 1. The first-order valence-corrected chi connectivity index (χ1v) is 6.99. The van der Waals surface area contributed by atoms with Gasteiger partial charge < -0.3 is 5.73 Å². The van der Waals surface area contributed by atoms with Gasteiger partial charge in [0, 0.05) is 12.4 Å². The number of pyridine rings is 1. The molecule has 0 aliphatic rings. The Morgan fingerprint density at radius 2 is 1.95 bits per heavy atom. The van der Waals surface area contributed by atoms with E-state index < -0.39 is 0 Å². The molecule has 0 saturated carbocycles. The van der Waals surface area contributed by atoms with Gasteiger partial charge >= 0.3 is 0 Å². The molecule has 0 saturated heterocycles. The maximum Gasteiger partial charge on any atom is 0.0346 e. The molecule has 1 aromatic carbocycles. The van der Waals surface area contributed by atoms with Gasteiger partial charge in [0.05, 0.1) is 0 Å². The minimum absolute atomic E-state index is 0.701. The third-order valence-corrected chi connectivity index (χ3v) is 3.51. The molecule has 2 rings (SSSR count). The topological polar surface area (TPSA) is 38.9 Å². The smallest absolute Gasteiger partial charge is 0.0346 e. The van der Waals surface area contributed by atoms with E-state index in [-0.39, 0.29) is 0 Å². The molecular formula is C17H22N2. The zero-order valence-electron chi connectivity index (χ0n) is 11.5. The maximum atomic E-state index is 5.59. The van der Waals surface area contributed by atoms with E-state index in [2.05, 4.69) is 42.2 Å². The van der Waals surface area contributed by atoms with Crippen molar-refractivity contribution in [3.63, 3.8) is 0 Å². The first-order valence-electron chi connectivity index (χ1n) is 6.99. The van der Waals surface area contributed by atoms with Gasteiger partial charge in [-0.2, -0.15) is 0 Å². The van der Waals surface area contributed by atoms with Crippen molar-refractivity contribution in [1.82, 2.24) is 4.98 Å². The van der Waals surface area contributed by atoms with Gasteiger partial charge in [0.25, 0.3) is 0 Å². The summed E-state index contributed by atoms with van der Waals surface area (Å²) in [5.74, 6) is 0.701. The number of hydrogen-bond acceptors (Lipinski definition) is 2. The van der Waals surface area contributed by atoms with E-state index in [1.165, 1.54) is 23.1 Å². The highest BCUT2D eigenvalue weighted by molar-refractivity contribution is 5.62. The van der Waals surface area contributed by atoms with Crippen LogP contribution in [0.4, 0.5) is 0 Å². The van der Waals surface area contributed by atoms with Gasteiger partial charge in [-0.3, -0.25) is 4.98 Å². The van der Waals surface area contributed by atoms with Gasteiger partial charge in [-0.05, 0) is 54.5 Å². The summed E-state index contributed by atoms with van der Waals surface area (Å²) in [5, 5.41) is 0. The van der Waals surface area contributed by atoms with E-state index in [1.54, 1.807) is 0 Å². The highest BCUT2D eigenvalue weighted by Gasteiger charge is 2.03. The van der Waals surface area contributed by atoms with Crippen molar-refractivity contribution >= 4 is 0 Å². The van der Waals surface area contributed by atoms with Gasteiger partial charge in [0.15, 0.2) is 0 Å². The van der Waals surface area contributed by atoms with E-state index in [1.807, 2.05) is 18.5 Å². The number of hydrogen-bond donors (Lipinski definition) is 1. The standard InChI is InChI=1S/C17H22N2/c1-14(9-10-18)7-8-15-4-2-5-16(12-15)17-6-3-11-19-13-17/h2-6,11-14H,7-10,18H2,1H3. The fraction of sp³-hybridized carbons (Fsp3) is 0.353. The molecule has 0 spiro atoms. The Hall–Kier alpha value is -1.67. The van der Waals surface area contributed by atoms with E-state index in [4.69, 9.17) is 5.73 Å². The molecule has 1 aromatic heterocycles. The Labute approximate surface area is 115 Å². The van der Waals surface area contributed by atoms with Crippen molar-refractivity contribution in [3.05, 3.63) is 54.4 Å². The van der Waals surface area contributed by atoms with Crippen LogP contribution < -0.4 is 5.73 Å². The highest BCUT2D eigenvalue weighted by atomic mass is 14.6. The van der Waals surface area contributed by atoms with E-state index >= 15 is 0 Å². The Morgan fingerprint density at radius 3 is 2.68 bits per heavy atom. The van der Waals surface area contributed by atoms with Gasteiger partial charge in [-0.15, -0.1) is 0 Å². The minimum Gasteiger partial charge on any atom is -0.330 e. The van der Waals surface area contributed by atoms with Crippen LogP contribution in [-0.2, 0) is 6.42 Å². The number of benzene rings is 1. The van der Waals surface area contributed by atoms with Crippen LogP contribution >= 0.6 is 0 Å². The fourth-order valence-electron chi connectivity index (χ4n) is 2.28. The predicted molar refractivity (Wildman–Crippen MR) is 80.8 cm³/mol. The molecule has 2 heteroatoms. The zero-order valence-corrected chi connectivity index (χ0v) is 11.5. The Kier molecular flexibility index (Phi) is 5.10. The SMILES string of the molecule is CC(CCN)CCc1cccc(-c2cccnc2)c1. The van der Waals surface area contributed by atoms with E-state index in [9.17, 15) is 0 Å². The molecule has 2 aromatic rings. The summed E-state index contributed by atoms with van der Waals surface area (Å²) in [5.41, 5.74) is 9.41. The number of aromatic nitrogens is 1. The Bertz CT molecular complexity index is 494. The van der Waals surface area contributed by atoms with Crippen molar-refractivity contribution < 1.29 is 0 Å². The van der Waals surface area contributed by atoms with Crippen LogP contribution in [0.15, 0.2) is 48.8 Å². The molecule has 0 radical (unpaired) electrons. The molecule has 0 fully saturated rings. The minimum atomic E-state index is 0.701. The summed E-state index contributed by atoms with van der Waals surface area (Å²) in [6.45, 7) is 3.06. The molecule has 1 heterocycles. The molecule has 1 atom stereocenters. The van der Waals surface area contributed by atoms with Crippen LogP contribution in [0.2, 0.25) is 0 Å². The second kappa shape index (κ2) is 7.05. The van der Waals surface area contributed by atoms with E-state index in [0.29, 0.717) is 5.92 Å². The lowest BCUT2D eigenvalue weighted by atomic mass is 9.96. The molecule has 100 valence electrons. The van der Waals surface area contributed by atoms with Crippen molar-refractivity contribution in [2.45, 2.75) is 26.2 Å². The Balaban J connectivity index is 2.04. The van der Waals surface area contributed by atoms with Crippen LogP contribution in [0.3, 0.4) is 0 Å². The second-order valence-corrected chi connectivity index (χ2v) is 5.16. The Morgan fingerprint density at radius 1 is 1.11 bits per heavy atom. The van der Waals surface area contributed by atoms with Crippen LogP contribution in [0.5, 0.6) is 0 Å². The predicted octanol–water partition coefficient (Wildman–Crippen LogP) is 3.67. The van der Waals surface area contributed by atoms with Crippen LogP contribution in [0.1, 0.15) is 25.3 Å². The first-order chi connectivity index (χ1) is 9.29. The van der Waals surface area contributed by atoms with Crippen molar-refractivity contribution in [3.8, 4) is 11.1 Å². The molecule has 0 aliphatic carbocycles. The summed E-state index contributed by atoms with van der Waals surface area (Å²) in [7, 11) is 0. The average Bonchev–Trinajstić information content (AvgIpc) is 2.47. The third kappa shape index (κ3) is 4.18. The number of nitrogens with two attached hydrogens (primary N) is 1. The number of rotatable bonds is 6. The maximum absolute atomic E-state index is 5.59. The largest absolute Gasteiger partial charge is 0.330 e. The summed E-state index contributed by atoms with van der Waals surface area (Å²) < 4.78 is 0. The lowest BCUT2D eigenvalue weighted by Crippen LogP contribution is -2.06. The molecule has 2 nitrogen and oxygen atoms in total. The molecule has 0 amide bonds. The lowest BCUT2D eigenvalue weighted by Gasteiger charge is -2.10. The van der Waals surface area contributed by atoms with Crippen LogP contribution in [0.25, 0.3) is 11.1 Å². The lowest BCUT2D eigenvalue weighted by molar-refractivity contribution is 0.500. The monoisotopic (exact) mass is 254 g/mol. The van der Waals surface area contributed by atoms with E-state index in [0.717, 1.165) is 19.4 Å². The summed E-state index contributed by atoms with van der Waals surface area (Å²) in [6.07, 6.45) is 7.16. The van der Waals surface area contributed by atoms with Gasteiger partial charge in [-0.1, -0.05) is 37.3 Å². The number of nitrogens with zero attached hydrogens (tertiary/aromatic N) is 1. The molecule has 1 unspecified atom stereocenters. The second-order valence-electron chi connectivity index (χ2n) is 5.16. The summed E-state index contributed by atoms with van der Waals surface area (Å²) in [6, 6.07) is 12.8. The van der Waals surface area contributed by atoms with Gasteiger partial charge in [-0.25, -0.2) is 0 Å². The van der Waals surface area contributed by atoms with Crippen molar-refractivity contribution in [2.24, 2.45) is 11.7 Å².